The number of carboxylic acid groups (broad SMARTS) is 1. The highest BCUT2D eigenvalue weighted by atomic mass is 19.1. The molecule has 2 aliphatic rings. The minimum absolute atomic E-state index is 0.0597. The van der Waals surface area contributed by atoms with Gasteiger partial charge in [0, 0.05) is 30.7 Å². The Morgan fingerprint density at radius 2 is 1.91 bits per heavy atom. The topological polar surface area (TPSA) is 66.8 Å². The van der Waals surface area contributed by atoms with Crippen molar-refractivity contribution >= 4 is 11.9 Å². The maximum Gasteiger partial charge on any atom is 0.326 e. The average molecular weight is 325 g/mol. The van der Waals surface area contributed by atoms with Crippen molar-refractivity contribution in [3.8, 4) is 5.75 Å². The normalized spacial score (nSPS) is 27.5. The minimum atomic E-state index is -1.03. The number of rotatable bonds is 4. The maximum absolute atomic E-state index is 13.1. The monoisotopic (exact) mass is 325 g/mol. The second-order valence-electron chi connectivity index (χ2n) is 6.68. The number of fused-ring (bicyclic) bond motifs is 1. The van der Waals surface area contributed by atoms with Crippen molar-refractivity contribution in [1.29, 1.82) is 0 Å². The number of aliphatic carboxylic acids is 1. The molecule has 1 aromatic carbocycles. The van der Waals surface area contributed by atoms with Crippen LogP contribution in [0.5, 0.6) is 5.75 Å². The minimum Gasteiger partial charge on any atom is -0.484 e. The summed E-state index contributed by atoms with van der Waals surface area (Å²) >= 11 is 0. The van der Waals surface area contributed by atoms with E-state index in [2.05, 4.69) is 0 Å². The fraction of sp³-hybridized carbons (Fsp3) is 0.500. The molecule has 0 spiro atoms. The molecule has 1 aromatic rings. The molecule has 1 amide bonds. The number of piperidine rings is 1. The van der Waals surface area contributed by atoms with Crippen LogP contribution in [0.2, 0.25) is 0 Å². The van der Waals surface area contributed by atoms with E-state index in [1.54, 1.807) is 0 Å². The zero-order valence-corrected chi connectivity index (χ0v) is 12.8. The van der Waals surface area contributed by atoms with Gasteiger partial charge in [0.15, 0.2) is 6.61 Å². The van der Waals surface area contributed by atoms with Crippen molar-refractivity contribution in [3.05, 3.63) is 29.8 Å². The van der Waals surface area contributed by atoms with Crippen molar-refractivity contribution in [1.82, 2.24) is 4.90 Å². The third kappa shape index (κ3) is 2.64. The van der Waals surface area contributed by atoms with Crippen molar-refractivity contribution in [2.75, 3.05) is 13.2 Å². The molecule has 1 N–H and O–H groups in total. The summed E-state index contributed by atoms with van der Waals surface area (Å²) in [5, 5.41) is 9.39. The highest BCUT2D eigenvalue weighted by molar-refractivity contribution is 5.86. The van der Waals surface area contributed by atoms with Crippen molar-refractivity contribution < 1.29 is 28.2 Å². The Morgan fingerprint density at radius 1 is 1.30 bits per heavy atom. The molecule has 0 aromatic heterocycles. The summed E-state index contributed by atoms with van der Waals surface area (Å²) in [6.45, 7) is 3.90. The van der Waals surface area contributed by atoms with Gasteiger partial charge >= 0.3 is 5.97 Å². The highest BCUT2D eigenvalue weighted by Crippen LogP contribution is 2.64. The molecular weight excluding hydrogens is 308 g/mol. The average Bonchev–Trinajstić information content (AvgIpc) is 2.84. The number of carbonyl (C=O) groups excluding carboxylic acids is 1. The molecule has 3 atom stereocenters. The number of likely N-dealkylation sites (tertiary alicyclic amines) is 1. The van der Waals surface area contributed by atoms with Crippen molar-refractivity contribution in [2.24, 2.45) is 17.3 Å². The number of nitrogens with zero attached hydrogens (tertiary/aromatic N) is 1. The summed E-state index contributed by atoms with van der Waals surface area (Å²) in [5.74, 6) is -3.14. The van der Waals surface area contributed by atoms with Crippen LogP contribution in [-0.2, 0) is 9.59 Å². The van der Waals surface area contributed by atoms with E-state index in [0.29, 0.717) is 12.6 Å². The van der Waals surface area contributed by atoms with E-state index < -0.39 is 36.2 Å². The Labute approximate surface area is 131 Å². The molecule has 2 fully saturated rings. The van der Waals surface area contributed by atoms with Gasteiger partial charge in [0.25, 0.3) is 5.91 Å². The van der Waals surface area contributed by atoms with E-state index in [9.17, 15) is 23.5 Å². The lowest BCUT2D eigenvalue weighted by Gasteiger charge is -2.28. The van der Waals surface area contributed by atoms with Gasteiger partial charge in [-0.25, -0.2) is 13.6 Å². The fourth-order valence-electron chi connectivity index (χ4n) is 3.67. The second-order valence-corrected chi connectivity index (χ2v) is 6.68. The zero-order chi connectivity index (χ0) is 16.9. The summed E-state index contributed by atoms with van der Waals surface area (Å²) in [5.41, 5.74) is -0.0770. The Hall–Kier alpha value is -2.18. The quantitative estimate of drug-likeness (QED) is 0.918. The van der Waals surface area contributed by atoms with Crippen LogP contribution in [0.25, 0.3) is 0 Å². The number of carboxylic acids is 1. The van der Waals surface area contributed by atoms with E-state index in [-0.39, 0.29) is 23.0 Å². The smallest absolute Gasteiger partial charge is 0.326 e. The maximum atomic E-state index is 13.1. The lowest BCUT2D eigenvalue weighted by Crippen LogP contribution is -2.47. The summed E-state index contributed by atoms with van der Waals surface area (Å²) < 4.78 is 31.2. The van der Waals surface area contributed by atoms with E-state index in [0.717, 1.165) is 12.1 Å². The number of amides is 1. The molecule has 3 rings (SSSR count). The molecule has 0 unspecified atom stereocenters. The first kappa shape index (κ1) is 15.7. The molecule has 1 heterocycles. The van der Waals surface area contributed by atoms with E-state index >= 15 is 0 Å². The summed E-state index contributed by atoms with van der Waals surface area (Å²) in [4.78, 5) is 25.0. The zero-order valence-electron chi connectivity index (χ0n) is 12.8. The lowest BCUT2D eigenvalue weighted by atomic mass is 10.0. The Bertz CT molecular complexity index is 656. The molecule has 23 heavy (non-hydrogen) atoms. The molecule has 1 saturated heterocycles. The number of ether oxygens (including phenoxy) is 1. The van der Waals surface area contributed by atoms with E-state index in [1.165, 1.54) is 4.90 Å². The lowest BCUT2D eigenvalue weighted by molar-refractivity contribution is -0.151. The predicted octanol–water partition coefficient (Wildman–Crippen LogP) is 1.91. The van der Waals surface area contributed by atoms with Crippen LogP contribution in [0, 0.1) is 28.9 Å². The fourth-order valence-corrected chi connectivity index (χ4v) is 3.67. The number of hydrogen-bond acceptors (Lipinski definition) is 3. The van der Waals surface area contributed by atoms with Crippen LogP contribution in [0.15, 0.2) is 18.2 Å². The molecule has 0 bridgehead atoms. The molecule has 1 aliphatic carbocycles. The van der Waals surface area contributed by atoms with Gasteiger partial charge in [-0.05, 0) is 11.3 Å². The van der Waals surface area contributed by atoms with Crippen LogP contribution in [0.3, 0.4) is 0 Å². The van der Waals surface area contributed by atoms with Gasteiger partial charge in [0.05, 0.1) is 0 Å². The first-order valence-electron chi connectivity index (χ1n) is 7.33. The van der Waals surface area contributed by atoms with Crippen LogP contribution in [-0.4, -0.2) is 41.1 Å². The van der Waals surface area contributed by atoms with Crippen molar-refractivity contribution in [2.45, 2.75) is 19.9 Å². The summed E-state index contributed by atoms with van der Waals surface area (Å²) in [6.07, 6.45) is 0. The number of benzene rings is 1. The Morgan fingerprint density at radius 3 is 2.48 bits per heavy atom. The van der Waals surface area contributed by atoms with Gasteiger partial charge < -0.3 is 14.7 Å². The molecule has 124 valence electrons. The van der Waals surface area contributed by atoms with Gasteiger partial charge in [-0.3, -0.25) is 4.79 Å². The van der Waals surface area contributed by atoms with Crippen LogP contribution in [0.4, 0.5) is 8.78 Å². The number of carbonyl (C=O) groups is 2. The van der Waals surface area contributed by atoms with E-state index in [4.69, 9.17) is 4.74 Å². The third-order valence-corrected chi connectivity index (χ3v) is 4.98. The van der Waals surface area contributed by atoms with Gasteiger partial charge in [0.1, 0.15) is 23.4 Å². The molecule has 0 radical (unpaired) electrons. The number of hydrogen-bond donors (Lipinski definition) is 1. The standard InChI is InChI=1S/C16H17F2NO4/c1-16(2)11-6-19(14(13(11)16)15(21)22)12(20)7-23-10-4-8(17)3-9(18)5-10/h3-5,11,13-14H,6-7H2,1-2H3,(H,21,22)/t11-,13-,14-/m0/s1. The van der Waals surface area contributed by atoms with Gasteiger partial charge in [-0.15, -0.1) is 0 Å². The molecular formula is C16H17F2NO4. The van der Waals surface area contributed by atoms with Gasteiger partial charge in [0.2, 0.25) is 0 Å². The molecule has 1 saturated carbocycles. The molecule has 1 aliphatic heterocycles. The van der Waals surface area contributed by atoms with Gasteiger partial charge in [-0.1, -0.05) is 13.8 Å². The van der Waals surface area contributed by atoms with Crippen LogP contribution in [0.1, 0.15) is 13.8 Å². The first-order valence-corrected chi connectivity index (χ1v) is 7.33. The second kappa shape index (κ2) is 5.18. The largest absolute Gasteiger partial charge is 0.484 e. The van der Waals surface area contributed by atoms with Crippen LogP contribution >= 0.6 is 0 Å². The predicted molar refractivity (Wildman–Crippen MR) is 75.8 cm³/mol. The summed E-state index contributed by atoms with van der Waals surface area (Å²) in [7, 11) is 0. The number of halogens is 2. The Balaban J connectivity index is 1.66. The van der Waals surface area contributed by atoms with Crippen molar-refractivity contribution in [3.63, 3.8) is 0 Å². The van der Waals surface area contributed by atoms with Gasteiger partial charge in [-0.2, -0.15) is 0 Å². The molecule has 7 heteroatoms. The molecule has 5 nitrogen and oxygen atoms in total. The SMILES string of the molecule is CC1(C)[C@@H]2[C@@H](C(=O)O)N(C(=O)COc3cc(F)cc(F)c3)C[C@@H]21. The Kier molecular flexibility index (Phi) is 3.54. The summed E-state index contributed by atoms with van der Waals surface area (Å²) in [6, 6.07) is 1.77. The van der Waals surface area contributed by atoms with E-state index in [1.807, 2.05) is 13.8 Å². The third-order valence-electron chi connectivity index (χ3n) is 4.98. The highest BCUT2D eigenvalue weighted by Gasteiger charge is 2.69. The van der Waals surface area contributed by atoms with Crippen LogP contribution < -0.4 is 4.74 Å². The first-order chi connectivity index (χ1) is 10.7.